The Bertz CT molecular complexity index is 144. The minimum atomic E-state index is -2.27. The molecular weight excluding hydrogens is 206 g/mol. The zero-order chi connectivity index (χ0) is 8.31. The molecule has 0 aliphatic rings. The largest absolute Gasteiger partial charge is 0.479 e. The second-order valence-corrected chi connectivity index (χ2v) is 1.57. The van der Waals surface area contributed by atoms with Crippen molar-refractivity contribution in [3.05, 3.63) is 0 Å². The van der Waals surface area contributed by atoms with Gasteiger partial charge in [-0.1, -0.05) is 0 Å². The zero-order valence-corrected chi connectivity index (χ0v) is 11.9. The summed E-state index contributed by atoms with van der Waals surface area (Å²) in [6.45, 7) is 0. The van der Waals surface area contributed by atoms with E-state index in [1.165, 1.54) is 0 Å². The standard InChI is InChI=1S/C4H6O6.K.Na/c5-1(3(7)8)2(6)4(9)10;;/h1-2,5-6H,(H,7,8)(H,9,10);;/t1-,2-;;/m1../s1. The first kappa shape index (κ1) is 19.1. The summed E-state index contributed by atoms with van der Waals surface area (Å²) in [6.07, 6.45) is -4.53. The molecule has 0 saturated carbocycles. The molecule has 8 heteroatoms. The van der Waals surface area contributed by atoms with Crippen LogP contribution in [0, 0.1) is 0 Å². The molecule has 12 heavy (non-hydrogen) atoms. The quantitative estimate of drug-likeness (QED) is 0.373. The van der Waals surface area contributed by atoms with E-state index in [-0.39, 0.29) is 80.9 Å². The number of hydrogen-bond acceptors (Lipinski definition) is 4. The third-order valence-corrected chi connectivity index (χ3v) is 0.805. The maximum Gasteiger partial charge on any atom is 0.335 e. The van der Waals surface area contributed by atoms with Crippen LogP contribution in [0.4, 0.5) is 0 Å². The van der Waals surface area contributed by atoms with Crippen molar-refractivity contribution in [3.63, 3.8) is 0 Å². The number of rotatable bonds is 3. The van der Waals surface area contributed by atoms with Crippen molar-refractivity contribution in [2.24, 2.45) is 0 Å². The van der Waals surface area contributed by atoms with Gasteiger partial charge in [0.1, 0.15) is 0 Å². The maximum atomic E-state index is 9.77. The smallest absolute Gasteiger partial charge is 0.335 e. The Kier molecular flexibility index (Phi) is 14.5. The van der Waals surface area contributed by atoms with Crippen molar-refractivity contribution in [2.45, 2.75) is 12.2 Å². The van der Waals surface area contributed by atoms with Gasteiger partial charge in [-0.15, -0.1) is 0 Å². The molecule has 0 aliphatic heterocycles. The van der Waals surface area contributed by atoms with Crippen LogP contribution in [-0.2, 0) is 9.59 Å². The maximum absolute atomic E-state index is 9.77. The molecule has 0 fully saturated rings. The molecule has 0 heterocycles. The molecule has 0 aromatic carbocycles. The molecule has 0 spiro atoms. The number of aliphatic hydroxyl groups excluding tert-OH is 2. The summed E-state index contributed by atoms with van der Waals surface area (Å²) in [7, 11) is 0. The summed E-state index contributed by atoms with van der Waals surface area (Å²) < 4.78 is 0. The van der Waals surface area contributed by atoms with Crippen LogP contribution >= 0.6 is 0 Å². The van der Waals surface area contributed by atoms with Crippen molar-refractivity contribution in [1.29, 1.82) is 0 Å². The average molecular weight is 212 g/mol. The summed E-state index contributed by atoms with van der Waals surface area (Å²) in [4.78, 5) is 19.5. The average Bonchev–Trinajstić information content (AvgIpc) is 1.84. The van der Waals surface area contributed by atoms with Gasteiger partial charge in [0, 0.05) is 80.9 Å². The van der Waals surface area contributed by atoms with Crippen LogP contribution < -0.4 is 0 Å². The van der Waals surface area contributed by atoms with Crippen LogP contribution in [-0.4, -0.2) is 126 Å². The number of hydrogen-bond donors (Lipinski definition) is 4. The van der Waals surface area contributed by atoms with Crippen molar-refractivity contribution in [3.8, 4) is 0 Å². The number of carboxylic acids is 2. The fraction of sp³-hybridized carbons (Fsp3) is 0.500. The van der Waals surface area contributed by atoms with Crippen molar-refractivity contribution in [2.75, 3.05) is 0 Å². The van der Waals surface area contributed by atoms with E-state index in [1.807, 2.05) is 0 Å². The molecule has 0 aromatic rings. The zero-order valence-electron chi connectivity index (χ0n) is 6.76. The van der Waals surface area contributed by atoms with Crippen LogP contribution in [0.15, 0.2) is 0 Å². The topological polar surface area (TPSA) is 115 Å². The summed E-state index contributed by atoms with van der Waals surface area (Å²) in [5, 5.41) is 32.5. The molecule has 0 amide bonds. The third kappa shape index (κ3) is 6.95. The van der Waals surface area contributed by atoms with Gasteiger partial charge in [-0.3, -0.25) is 0 Å². The first-order valence-corrected chi connectivity index (χ1v) is 2.28. The molecule has 0 unspecified atom stereocenters. The molecule has 6 nitrogen and oxygen atoms in total. The molecule has 60 valence electrons. The Morgan fingerprint density at radius 1 is 0.917 bits per heavy atom. The Balaban J connectivity index is -0.000000405. The van der Waals surface area contributed by atoms with Crippen LogP contribution in [0.1, 0.15) is 0 Å². The Morgan fingerprint density at radius 3 is 1.17 bits per heavy atom. The van der Waals surface area contributed by atoms with Crippen LogP contribution in [0.25, 0.3) is 0 Å². The monoisotopic (exact) mass is 212 g/mol. The van der Waals surface area contributed by atoms with Gasteiger partial charge in [-0.2, -0.15) is 0 Å². The number of carbonyl (C=O) groups is 2. The van der Waals surface area contributed by atoms with Gasteiger partial charge < -0.3 is 20.4 Å². The molecular formula is C4H6KNaO6. The van der Waals surface area contributed by atoms with Crippen molar-refractivity contribution < 1.29 is 30.0 Å². The van der Waals surface area contributed by atoms with Gasteiger partial charge in [-0.05, 0) is 0 Å². The molecule has 0 aromatic heterocycles. The second-order valence-electron chi connectivity index (χ2n) is 1.57. The van der Waals surface area contributed by atoms with Crippen molar-refractivity contribution in [1.82, 2.24) is 0 Å². The molecule has 0 bridgehead atoms. The van der Waals surface area contributed by atoms with Gasteiger partial charge in [0.15, 0.2) is 12.2 Å². The van der Waals surface area contributed by atoms with Gasteiger partial charge in [0.05, 0.1) is 0 Å². The fourth-order valence-corrected chi connectivity index (χ4v) is 0.270. The Hall–Kier alpha value is 1.50. The van der Waals surface area contributed by atoms with E-state index in [0.29, 0.717) is 0 Å². The van der Waals surface area contributed by atoms with Gasteiger partial charge >= 0.3 is 11.9 Å². The van der Waals surface area contributed by atoms with Crippen LogP contribution in [0.5, 0.6) is 0 Å². The van der Waals surface area contributed by atoms with E-state index in [2.05, 4.69) is 0 Å². The van der Waals surface area contributed by atoms with Gasteiger partial charge in [-0.25, -0.2) is 9.59 Å². The number of aliphatic carboxylic acids is 2. The molecule has 2 atom stereocenters. The minimum Gasteiger partial charge on any atom is -0.479 e. The third-order valence-electron chi connectivity index (χ3n) is 0.805. The molecule has 4 N–H and O–H groups in total. The summed E-state index contributed by atoms with van der Waals surface area (Å²) in [5.74, 6) is -3.54. The predicted octanol–water partition coefficient (Wildman–Crippen LogP) is -2.88. The summed E-state index contributed by atoms with van der Waals surface area (Å²) in [6, 6.07) is 0. The number of carboxylic acid groups (broad SMARTS) is 2. The Morgan fingerprint density at radius 2 is 1.08 bits per heavy atom. The number of aliphatic hydroxyl groups is 2. The first-order chi connectivity index (χ1) is 4.46. The molecule has 0 saturated heterocycles. The summed E-state index contributed by atoms with van der Waals surface area (Å²) in [5.41, 5.74) is 0. The summed E-state index contributed by atoms with van der Waals surface area (Å²) >= 11 is 0. The Labute approximate surface area is 133 Å². The van der Waals surface area contributed by atoms with Crippen LogP contribution in [0.2, 0.25) is 0 Å². The van der Waals surface area contributed by atoms with Crippen LogP contribution in [0.3, 0.4) is 0 Å². The van der Waals surface area contributed by atoms with E-state index in [9.17, 15) is 9.59 Å². The fourth-order valence-electron chi connectivity index (χ4n) is 0.270. The van der Waals surface area contributed by atoms with Gasteiger partial charge in [0.2, 0.25) is 0 Å². The predicted molar refractivity (Wildman–Crippen MR) is 38.8 cm³/mol. The second kappa shape index (κ2) is 9.07. The normalized spacial score (nSPS) is 13.2. The van der Waals surface area contributed by atoms with E-state index < -0.39 is 24.1 Å². The van der Waals surface area contributed by atoms with E-state index in [0.717, 1.165) is 0 Å². The van der Waals surface area contributed by atoms with Gasteiger partial charge in [0.25, 0.3) is 0 Å². The van der Waals surface area contributed by atoms with E-state index in [4.69, 9.17) is 20.4 Å². The van der Waals surface area contributed by atoms with Crippen molar-refractivity contribution >= 4 is 92.9 Å². The molecule has 0 rings (SSSR count). The van der Waals surface area contributed by atoms with E-state index >= 15 is 0 Å². The SMILES string of the molecule is O=C(O)[C@H](O)[C@@H](O)C(=O)O.[K].[Na]. The minimum absolute atomic E-state index is 0. The molecule has 0 aliphatic carbocycles. The molecule has 2 radical (unpaired) electrons. The van der Waals surface area contributed by atoms with E-state index in [1.54, 1.807) is 0 Å². The first-order valence-electron chi connectivity index (χ1n) is 2.28.